The molecule has 0 aliphatic heterocycles. The first-order chi connectivity index (χ1) is 12.0. The minimum Gasteiger partial charge on any atom is -0.365 e. The van der Waals surface area contributed by atoms with E-state index in [1.165, 1.54) is 24.5 Å². The van der Waals surface area contributed by atoms with Crippen LogP contribution in [0.25, 0.3) is 0 Å². The molecule has 1 atom stereocenters. The Balaban J connectivity index is 2.19. The molecule has 0 bridgehead atoms. The van der Waals surface area contributed by atoms with E-state index < -0.39 is 26.1 Å². The minimum atomic E-state index is -4.58. The Bertz CT molecular complexity index is 1060. The van der Waals surface area contributed by atoms with E-state index >= 15 is 0 Å². The summed E-state index contributed by atoms with van der Waals surface area (Å²) < 4.78 is 46.1. The van der Waals surface area contributed by atoms with Gasteiger partial charge in [-0.15, -0.1) is 4.36 Å². The molecule has 0 unspecified atom stereocenters. The molecule has 0 spiro atoms. The Labute approximate surface area is 161 Å². The van der Waals surface area contributed by atoms with Crippen molar-refractivity contribution in [2.24, 2.45) is 4.36 Å². The van der Waals surface area contributed by atoms with Gasteiger partial charge in [-0.2, -0.15) is 13.1 Å². The Hall–Kier alpha value is -1.81. The quantitative estimate of drug-likeness (QED) is 0.784. The Morgan fingerprint density at radius 1 is 1.08 bits per heavy atom. The molecule has 26 heavy (non-hydrogen) atoms. The Morgan fingerprint density at radius 2 is 1.69 bits per heavy atom. The Morgan fingerprint density at radius 3 is 2.27 bits per heavy atom. The first-order valence-electron chi connectivity index (χ1n) is 6.98. The monoisotopic (exact) mass is 436 g/mol. The van der Waals surface area contributed by atoms with Gasteiger partial charge in [0.1, 0.15) is 0 Å². The number of nitrogens with zero attached hydrogens (tertiary/aromatic N) is 1. The lowest BCUT2D eigenvalue weighted by molar-refractivity contribution is 0.253. The van der Waals surface area contributed by atoms with E-state index in [-0.39, 0.29) is 20.7 Å². The first-order valence-corrected chi connectivity index (χ1v) is 11.1. The van der Waals surface area contributed by atoms with Crippen LogP contribution in [0.5, 0.6) is 5.75 Å². The van der Waals surface area contributed by atoms with Crippen LogP contribution in [0.2, 0.25) is 10.0 Å². The van der Waals surface area contributed by atoms with Gasteiger partial charge in [0.15, 0.2) is 5.75 Å². The van der Waals surface area contributed by atoms with E-state index in [1.807, 2.05) is 6.92 Å². The fourth-order valence-electron chi connectivity index (χ4n) is 1.81. The van der Waals surface area contributed by atoms with Crippen LogP contribution < -0.4 is 8.91 Å². The number of rotatable bonds is 4. The summed E-state index contributed by atoms with van der Waals surface area (Å²) in [5, 5.41) is 0.216. The van der Waals surface area contributed by atoms with E-state index in [1.54, 1.807) is 29.0 Å². The number of amides is 2. The zero-order valence-corrected chi connectivity index (χ0v) is 16.7. The van der Waals surface area contributed by atoms with Gasteiger partial charge >= 0.3 is 16.3 Å². The minimum absolute atomic E-state index is 0.0637. The summed E-state index contributed by atoms with van der Waals surface area (Å²) in [4.78, 5) is 12.2. The smallest absolute Gasteiger partial charge is 0.365 e. The highest BCUT2D eigenvalue weighted by atomic mass is 35.5. The summed E-state index contributed by atoms with van der Waals surface area (Å²) >= 11 is 11.5. The van der Waals surface area contributed by atoms with Crippen LogP contribution in [0.4, 0.5) is 4.79 Å². The average molecular weight is 437 g/mol. The summed E-state index contributed by atoms with van der Waals surface area (Å²) in [6.45, 7) is 1.84. The summed E-state index contributed by atoms with van der Waals surface area (Å²) in [6.07, 6.45) is 1.22. The lowest BCUT2D eigenvalue weighted by atomic mass is 10.2. The van der Waals surface area contributed by atoms with Crippen molar-refractivity contribution in [1.29, 1.82) is 0 Å². The van der Waals surface area contributed by atoms with Crippen molar-refractivity contribution in [3.8, 4) is 5.75 Å². The Kier molecular flexibility index (Phi) is 6.17. The normalized spacial score (nSPS) is 13.5. The third kappa shape index (κ3) is 5.60. The molecule has 1 N–H and O–H groups in total. The summed E-state index contributed by atoms with van der Waals surface area (Å²) in [6, 6.07) is 9.03. The molecule has 2 amide bonds. The zero-order chi connectivity index (χ0) is 19.5. The molecule has 2 rings (SSSR count). The third-order valence-electron chi connectivity index (χ3n) is 3.02. The van der Waals surface area contributed by atoms with Crippen LogP contribution in [0.3, 0.4) is 0 Å². The first kappa shape index (κ1) is 20.5. The molecule has 0 aliphatic rings. The van der Waals surface area contributed by atoms with Crippen LogP contribution in [0, 0.1) is 6.92 Å². The predicted molar refractivity (Wildman–Crippen MR) is 100 cm³/mol. The maximum Gasteiger partial charge on any atom is 0.411 e. The molecule has 0 aliphatic carbocycles. The molecule has 0 radical (unpaired) electrons. The van der Waals surface area contributed by atoms with Gasteiger partial charge < -0.3 is 4.18 Å². The van der Waals surface area contributed by atoms with Crippen molar-refractivity contribution in [3.05, 3.63) is 58.1 Å². The predicted octanol–water partition coefficient (Wildman–Crippen LogP) is 3.79. The van der Waals surface area contributed by atoms with Crippen molar-refractivity contribution >= 4 is 49.3 Å². The molecule has 0 heterocycles. The number of carbonyl (C=O) groups excluding carboxylic acids is 1. The van der Waals surface area contributed by atoms with Crippen molar-refractivity contribution in [2.75, 3.05) is 6.26 Å². The fraction of sp³-hybridized carbons (Fsp3) is 0.133. The largest absolute Gasteiger partial charge is 0.411 e. The molecule has 2 aromatic carbocycles. The van der Waals surface area contributed by atoms with Crippen molar-refractivity contribution in [3.63, 3.8) is 0 Å². The number of nitrogens with one attached hydrogen (secondary N) is 1. The number of aryl methyl sites for hydroxylation is 1. The number of benzene rings is 2. The van der Waals surface area contributed by atoms with Gasteiger partial charge in [-0.25, -0.2) is 9.00 Å². The van der Waals surface area contributed by atoms with Gasteiger partial charge in [0.05, 0.1) is 14.8 Å². The number of halogens is 2. The molecule has 7 nitrogen and oxygen atoms in total. The molecular weight excluding hydrogens is 423 g/mol. The number of hydrogen-bond donors (Lipinski definition) is 1. The van der Waals surface area contributed by atoms with Crippen LogP contribution in [0.1, 0.15) is 5.56 Å². The van der Waals surface area contributed by atoms with Gasteiger partial charge in [-0.05, 0) is 37.3 Å². The third-order valence-corrected chi connectivity index (χ3v) is 6.04. The van der Waals surface area contributed by atoms with Gasteiger partial charge in [0, 0.05) is 16.2 Å². The highest BCUT2D eigenvalue weighted by molar-refractivity contribution is 7.93. The van der Waals surface area contributed by atoms with E-state index in [0.717, 1.165) is 5.56 Å². The van der Waals surface area contributed by atoms with E-state index in [0.29, 0.717) is 0 Å². The van der Waals surface area contributed by atoms with E-state index in [9.17, 15) is 17.4 Å². The SMILES string of the molecule is Cc1ccc([S@](C)(=O)=NC(=O)NS(=O)(=O)Oc2ccc(Cl)cc2Cl)cc1. The van der Waals surface area contributed by atoms with Gasteiger partial charge in [-0.3, -0.25) is 0 Å². The fourth-order valence-corrected chi connectivity index (χ4v) is 4.15. The second-order valence-electron chi connectivity index (χ2n) is 5.23. The number of urea groups is 1. The van der Waals surface area contributed by atoms with Gasteiger partial charge in [0.25, 0.3) is 0 Å². The summed E-state index contributed by atoms with van der Waals surface area (Å²) in [5.74, 6) is -0.230. The average Bonchev–Trinajstić information content (AvgIpc) is 2.49. The lowest BCUT2D eigenvalue weighted by Gasteiger charge is -2.09. The van der Waals surface area contributed by atoms with E-state index in [4.69, 9.17) is 27.4 Å². The van der Waals surface area contributed by atoms with Crippen molar-refractivity contribution in [2.45, 2.75) is 11.8 Å². The molecule has 0 saturated heterocycles. The maximum atomic E-state index is 12.5. The van der Waals surface area contributed by atoms with Crippen molar-refractivity contribution in [1.82, 2.24) is 4.72 Å². The standard InChI is InChI=1S/C15H14Cl2N2O5S2/c1-10-3-6-12(7-4-10)25(2,21)18-15(20)19-26(22,23)24-14-8-5-11(16)9-13(14)17/h3-9H,1-2H3,(H,19,20)/t25-/m0/s1. The summed E-state index contributed by atoms with van der Waals surface area (Å²) in [7, 11) is -7.71. The molecule has 140 valence electrons. The molecule has 0 saturated carbocycles. The topological polar surface area (TPSA) is 102 Å². The molecule has 0 fully saturated rings. The molecule has 11 heteroatoms. The van der Waals surface area contributed by atoms with Crippen LogP contribution >= 0.6 is 23.2 Å². The van der Waals surface area contributed by atoms with Crippen LogP contribution in [-0.4, -0.2) is 24.9 Å². The van der Waals surface area contributed by atoms with Gasteiger partial charge in [-0.1, -0.05) is 40.9 Å². The zero-order valence-electron chi connectivity index (χ0n) is 13.6. The van der Waals surface area contributed by atoms with Gasteiger partial charge in [0.2, 0.25) is 0 Å². The maximum absolute atomic E-state index is 12.5. The number of carbonyl (C=O) groups is 1. The second-order valence-corrected chi connectivity index (χ2v) is 9.61. The highest BCUT2D eigenvalue weighted by Crippen LogP contribution is 2.28. The summed E-state index contributed by atoms with van der Waals surface area (Å²) in [5.41, 5.74) is 0.934. The van der Waals surface area contributed by atoms with Crippen LogP contribution in [-0.2, 0) is 20.0 Å². The number of hydrogen-bond acceptors (Lipinski definition) is 5. The van der Waals surface area contributed by atoms with E-state index in [2.05, 4.69) is 4.36 Å². The lowest BCUT2D eigenvalue weighted by Crippen LogP contribution is -2.32. The van der Waals surface area contributed by atoms with Crippen LogP contribution in [0.15, 0.2) is 51.7 Å². The molecule has 2 aromatic rings. The molecular formula is C15H14Cl2N2O5S2. The highest BCUT2D eigenvalue weighted by Gasteiger charge is 2.20. The second kappa shape index (κ2) is 7.83. The molecule has 0 aromatic heterocycles. The van der Waals surface area contributed by atoms with Crippen molar-refractivity contribution < 1.29 is 21.6 Å².